The molecule has 1 N–H and O–H groups in total. The van der Waals surface area contributed by atoms with Gasteiger partial charge in [0.15, 0.2) is 0 Å². The smallest absolute Gasteiger partial charge is 0.251 e. The van der Waals surface area contributed by atoms with Crippen molar-refractivity contribution in [2.75, 3.05) is 12.5 Å². The molecule has 4 heteroatoms. The first-order chi connectivity index (χ1) is 9.04. The van der Waals surface area contributed by atoms with E-state index in [1.54, 1.807) is 12.1 Å². The number of hydrogen-bond donors (Lipinski definition) is 1. The van der Waals surface area contributed by atoms with Crippen LogP contribution >= 0.6 is 11.6 Å². The molecule has 1 unspecified atom stereocenters. The minimum Gasteiger partial charge on any atom is -0.494 e. The Bertz CT molecular complexity index is 416. The molecule has 0 saturated heterocycles. The molecular weight excluding hydrogens is 262 g/mol. The van der Waals surface area contributed by atoms with E-state index in [0.29, 0.717) is 18.1 Å². The van der Waals surface area contributed by atoms with Gasteiger partial charge in [-0.2, -0.15) is 0 Å². The summed E-state index contributed by atoms with van der Waals surface area (Å²) in [4.78, 5) is 12.2. The maximum absolute atomic E-state index is 12.2. The molecule has 0 bridgehead atoms. The van der Waals surface area contributed by atoms with Gasteiger partial charge >= 0.3 is 0 Å². The van der Waals surface area contributed by atoms with Gasteiger partial charge in [-0.3, -0.25) is 4.79 Å². The minimum absolute atomic E-state index is 0.119. The number of ether oxygens (including phenoxy) is 1. The Balaban J connectivity index is 2.76. The maximum Gasteiger partial charge on any atom is 0.251 e. The lowest BCUT2D eigenvalue weighted by Gasteiger charge is -2.27. The van der Waals surface area contributed by atoms with Crippen LogP contribution in [0.5, 0.6) is 5.75 Å². The van der Waals surface area contributed by atoms with E-state index in [9.17, 15) is 4.79 Å². The molecule has 3 nitrogen and oxygen atoms in total. The highest BCUT2D eigenvalue weighted by atomic mass is 35.5. The zero-order chi connectivity index (χ0) is 14.3. The average Bonchev–Trinajstić information content (AvgIpc) is 2.45. The van der Waals surface area contributed by atoms with Gasteiger partial charge in [0.25, 0.3) is 5.91 Å². The van der Waals surface area contributed by atoms with Gasteiger partial charge in [0, 0.05) is 11.4 Å². The van der Waals surface area contributed by atoms with Crippen molar-refractivity contribution in [3.8, 4) is 5.75 Å². The fourth-order valence-electron chi connectivity index (χ4n) is 1.51. The normalized spacial score (nSPS) is 13.7. The largest absolute Gasteiger partial charge is 0.494 e. The van der Waals surface area contributed by atoms with E-state index in [1.807, 2.05) is 32.9 Å². The van der Waals surface area contributed by atoms with E-state index < -0.39 is 0 Å². The number of benzene rings is 1. The second-order valence-electron chi connectivity index (χ2n) is 4.88. The van der Waals surface area contributed by atoms with Crippen molar-refractivity contribution in [1.29, 1.82) is 0 Å². The highest BCUT2D eigenvalue weighted by molar-refractivity contribution is 6.18. The Kier molecular flexibility index (Phi) is 6.16. The zero-order valence-electron chi connectivity index (χ0n) is 11.8. The molecule has 0 fully saturated rings. The molecule has 0 aliphatic rings. The number of rotatable bonds is 7. The van der Waals surface area contributed by atoms with Gasteiger partial charge in [-0.15, -0.1) is 11.6 Å². The molecule has 0 spiro atoms. The number of nitrogens with one attached hydrogen (secondary N) is 1. The lowest BCUT2D eigenvalue weighted by molar-refractivity contribution is 0.0912. The highest BCUT2D eigenvalue weighted by Gasteiger charge is 2.23. The fraction of sp³-hybridized carbons (Fsp3) is 0.533. The van der Waals surface area contributed by atoms with Gasteiger partial charge in [0.05, 0.1) is 12.1 Å². The van der Waals surface area contributed by atoms with Gasteiger partial charge < -0.3 is 10.1 Å². The summed E-state index contributed by atoms with van der Waals surface area (Å²) < 4.78 is 5.52. The first kappa shape index (κ1) is 15.8. The molecule has 0 aromatic heterocycles. The number of carbonyl (C=O) groups is 1. The fourth-order valence-corrected chi connectivity index (χ4v) is 1.77. The predicted molar refractivity (Wildman–Crippen MR) is 79.1 cm³/mol. The molecule has 0 aliphatic heterocycles. The average molecular weight is 284 g/mol. The minimum atomic E-state index is -0.376. The van der Waals surface area contributed by atoms with E-state index in [2.05, 4.69) is 5.32 Å². The Hall–Kier alpha value is -1.22. The van der Waals surface area contributed by atoms with Crippen molar-refractivity contribution in [1.82, 2.24) is 5.32 Å². The van der Waals surface area contributed by atoms with E-state index in [1.165, 1.54) is 0 Å². The molecule has 1 amide bonds. The molecular formula is C15H22ClNO2. The maximum atomic E-state index is 12.2. The Morgan fingerprint density at radius 1 is 1.42 bits per heavy atom. The van der Waals surface area contributed by atoms with Crippen molar-refractivity contribution in [3.05, 3.63) is 29.8 Å². The third kappa shape index (κ3) is 4.75. The molecule has 0 radical (unpaired) electrons. The Labute approximate surface area is 120 Å². The second-order valence-corrected chi connectivity index (χ2v) is 5.15. The summed E-state index contributed by atoms with van der Waals surface area (Å²) in [5.74, 6) is 0.992. The SMILES string of the molecule is CCCOc1cccc(C(=O)NC(C)(CC)CCl)c1. The van der Waals surface area contributed by atoms with Crippen LogP contribution in [0.2, 0.25) is 0 Å². The quantitative estimate of drug-likeness (QED) is 0.776. The summed E-state index contributed by atoms with van der Waals surface area (Å²) in [6, 6.07) is 7.21. The standard InChI is InChI=1S/C15H22ClNO2/c1-4-9-19-13-8-6-7-12(10-13)14(18)17-15(3,5-2)11-16/h6-8,10H,4-5,9,11H2,1-3H3,(H,17,18). The van der Waals surface area contributed by atoms with Crippen molar-refractivity contribution < 1.29 is 9.53 Å². The first-order valence-electron chi connectivity index (χ1n) is 6.66. The molecule has 0 saturated carbocycles. The summed E-state index contributed by atoms with van der Waals surface area (Å²) in [6.07, 6.45) is 1.73. The lowest BCUT2D eigenvalue weighted by Crippen LogP contribution is -2.47. The summed E-state index contributed by atoms with van der Waals surface area (Å²) in [5, 5.41) is 2.97. The summed E-state index contributed by atoms with van der Waals surface area (Å²) >= 11 is 5.90. The van der Waals surface area contributed by atoms with Crippen LogP contribution in [0.4, 0.5) is 0 Å². The van der Waals surface area contributed by atoms with Crippen LogP contribution < -0.4 is 10.1 Å². The van der Waals surface area contributed by atoms with E-state index in [-0.39, 0.29) is 11.4 Å². The van der Waals surface area contributed by atoms with Crippen LogP contribution in [-0.4, -0.2) is 23.9 Å². The number of hydrogen-bond acceptors (Lipinski definition) is 2. The number of alkyl halides is 1. The first-order valence-corrected chi connectivity index (χ1v) is 7.19. The third-order valence-electron chi connectivity index (χ3n) is 3.06. The summed E-state index contributed by atoms with van der Waals surface area (Å²) in [6.45, 7) is 6.64. The summed E-state index contributed by atoms with van der Waals surface area (Å²) in [7, 11) is 0. The topological polar surface area (TPSA) is 38.3 Å². The van der Waals surface area contributed by atoms with Crippen LogP contribution in [-0.2, 0) is 0 Å². The number of halogens is 1. The zero-order valence-corrected chi connectivity index (χ0v) is 12.6. The second kappa shape index (κ2) is 7.39. The monoisotopic (exact) mass is 283 g/mol. The van der Waals surface area contributed by atoms with E-state index >= 15 is 0 Å². The van der Waals surface area contributed by atoms with E-state index in [0.717, 1.165) is 18.6 Å². The van der Waals surface area contributed by atoms with Crippen LogP contribution in [0, 0.1) is 0 Å². The number of carbonyl (C=O) groups excluding carboxylic acids is 1. The lowest BCUT2D eigenvalue weighted by atomic mass is 10.0. The van der Waals surface area contributed by atoms with Gasteiger partial charge in [0.2, 0.25) is 0 Å². The van der Waals surface area contributed by atoms with Crippen LogP contribution in [0.15, 0.2) is 24.3 Å². The van der Waals surface area contributed by atoms with Crippen molar-refractivity contribution >= 4 is 17.5 Å². The molecule has 106 valence electrons. The number of amides is 1. The molecule has 1 aromatic carbocycles. The van der Waals surface area contributed by atoms with Gasteiger partial charge in [0.1, 0.15) is 5.75 Å². The van der Waals surface area contributed by atoms with Crippen molar-refractivity contribution in [3.63, 3.8) is 0 Å². The molecule has 1 aromatic rings. The summed E-state index contributed by atoms with van der Waals surface area (Å²) in [5.41, 5.74) is 0.220. The molecule has 19 heavy (non-hydrogen) atoms. The van der Waals surface area contributed by atoms with Crippen LogP contribution in [0.1, 0.15) is 44.0 Å². The van der Waals surface area contributed by atoms with Crippen molar-refractivity contribution in [2.45, 2.75) is 39.2 Å². The van der Waals surface area contributed by atoms with Crippen LogP contribution in [0.25, 0.3) is 0 Å². The highest BCUT2D eigenvalue weighted by Crippen LogP contribution is 2.16. The Morgan fingerprint density at radius 2 is 2.16 bits per heavy atom. The molecule has 1 atom stereocenters. The predicted octanol–water partition coefficient (Wildman–Crippen LogP) is 3.61. The van der Waals surface area contributed by atoms with Gasteiger partial charge in [-0.25, -0.2) is 0 Å². The van der Waals surface area contributed by atoms with E-state index in [4.69, 9.17) is 16.3 Å². The van der Waals surface area contributed by atoms with Crippen LogP contribution in [0.3, 0.4) is 0 Å². The molecule has 0 aliphatic carbocycles. The third-order valence-corrected chi connectivity index (χ3v) is 3.65. The van der Waals surface area contributed by atoms with Gasteiger partial charge in [-0.05, 0) is 38.0 Å². The van der Waals surface area contributed by atoms with Gasteiger partial charge in [-0.1, -0.05) is 19.9 Å². The molecule has 0 heterocycles. The van der Waals surface area contributed by atoms with Crippen molar-refractivity contribution in [2.24, 2.45) is 0 Å². The Morgan fingerprint density at radius 3 is 2.74 bits per heavy atom. The molecule has 1 rings (SSSR count).